The molecule has 1 aliphatic heterocycles. The molecule has 0 saturated carbocycles. The van der Waals surface area contributed by atoms with Crippen molar-refractivity contribution in [1.82, 2.24) is 0 Å². The van der Waals surface area contributed by atoms with Crippen molar-refractivity contribution in [2.45, 2.75) is 25.7 Å². The van der Waals surface area contributed by atoms with Crippen LogP contribution in [0.1, 0.15) is 24.2 Å². The molecule has 0 aliphatic carbocycles. The van der Waals surface area contributed by atoms with Gasteiger partial charge in [0.1, 0.15) is 6.10 Å². The number of aromatic carboxylic acids is 1. The van der Waals surface area contributed by atoms with E-state index in [0.29, 0.717) is 6.61 Å². The van der Waals surface area contributed by atoms with Gasteiger partial charge in [-0.25, -0.2) is 4.79 Å². The van der Waals surface area contributed by atoms with Crippen LogP contribution in [0.5, 0.6) is 0 Å². The van der Waals surface area contributed by atoms with Gasteiger partial charge in [0, 0.05) is 12.1 Å². The molecule has 2 N–H and O–H groups in total. The van der Waals surface area contributed by atoms with Crippen molar-refractivity contribution >= 4 is 11.7 Å². The second-order valence-electron chi connectivity index (χ2n) is 4.74. The third kappa shape index (κ3) is 5.46. The van der Waals surface area contributed by atoms with Crippen LogP contribution < -0.4 is 0 Å². The first kappa shape index (κ1) is 17.0. The Hall–Kier alpha value is -2.03. The summed E-state index contributed by atoms with van der Waals surface area (Å²) in [6, 6.07) is 4.70. The van der Waals surface area contributed by atoms with Crippen LogP contribution in [-0.4, -0.2) is 46.2 Å². The molecule has 0 spiro atoms. The number of benzene rings is 1. The molecule has 0 amide bonds. The van der Waals surface area contributed by atoms with Crippen molar-refractivity contribution in [3.8, 4) is 0 Å². The number of rotatable bonds is 3. The van der Waals surface area contributed by atoms with Gasteiger partial charge >= 0.3 is 5.97 Å². The number of nitrogens with zero attached hydrogens (tertiary/aromatic N) is 1. The summed E-state index contributed by atoms with van der Waals surface area (Å²) in [5.74, 6) is -1.59. The van der Waals surface area contributed by atoms with Crippen molar-refractivity contribution in [2.24, 2.45) is 0 Å². The molecular formula is C13H17NO7. The van der Waals surface area contributed by atoms with Crippen LogP contribution in [0.4, 0.5) is 5.69 Å². The second kappa shape index (κ2) is 7.11. The average Bonchev–Trinajstić information content (AvgIpc) is 2.79. The van der Waals surface area contributed by atoms with Gasteiger partial charge in [-0.05, 0) is 26.0 Å². The highest BCUT2D eigenvalue weighted by atomic mass is 16.7. The summed E-state index contributed by atoms with van der Waals surface area (Å²) >= 11 is 0. The number of carboxylic acids is 1. The fourth-order valence-corrected chi connectivity index (χ4v) is 1.58. The summed E-state index contributed by atoms with van der Waals surface area (Å²) < 4.78 is 10.4. The van der Waals surface area contributed by atoms with Gasteiger partial charge in [0.15, 0.2) is 5.79 Å². The molecule has 116 valence electrons. The Balaban J connectivity index is 0.000000219. The van der Waals surface area contributed by atoms with E-state index in [-0.39, 0.29) is 24.0 Å². The van der Waals surface area contributed by atoms with E-state index >= 15 is 0 Å². The molecule has 21 heavy (non-hydrogen) atoms. The van der Waals surface area contributed by atoms with E-state index in [0.717, 1.165) is 12.1 Å². The lowest BCUT2D eigenvalue weighted by Crippen LogP contribution is -2.22. The zero-order valence-electron chi connectivity index (χ0n) is 11.7. The van der Waals surface area contributed by atoms with Crippen LogP contribution in [0, 0.1) is 10.1 Å². The Kier molecular flexibility index (Phi) is 5.77. The highest BCUT2D eigenvalue weighted by Gasteiger charge is 2.31. The van der Waals surface area contributed by atoms with Crippen LogP contribution >= 0.6 is 0 Å². The van der Waals surface area contributed by atoms with Crippen LogP contribution in [0.25, 0.3) is 0 Å². The fraction of sp³-hybridized carbons (Fsp3) is 0.462. The van der Waals surface area contributed by atoms with Gasteiger partial charge in [-0.1, -0.05) is 0 Å². The molecule has 1 aromatic rings. The molecule has 1 fully saturated rings. The highest BCUT2D eigenvalue weighted by molar-refractivity contribution is 5.87. The predicted octanol–water partition coefficient (Wildman–Crippen LogP) is 1.42. The smallest absolute Gasteiger partial charge is 0.335 e. The van der Waals surface area contributed by atoms with E-state index < -0.39 is 16.7 Å². The molecule has 1 atom stereocenters. The number of nitro groups is 1. The number of carboxylic acid groups (broad SMARTS) is 1. The number of carbonyl (C=O) groups is 1. The van der Waals surface area contributed by atoms with E-state index in [9.17, 15) is 14.9 Å². The summed E-state index contributed by atoms with van der Waals surface area (Å²) in [6.45, 7) is 4.22. The monoisotopic (exact) mass is 299 g/mol. The Bertz CT molecular complexity index is 465. The second-order valence-corrected chi connectivity index (χ2v) is 4.74. The van der Waals surface area contributed by atoms with E-state index in [1.54, 1.807) is 0 Å². The summed E-state index contributed by atoms with van der Waals surface area (Å²) in [5, 5.41) is 27.2. The molecule has 0 bridgehead atoms. The highest BCUT2D eigenvalue weighted by Crippen LogP contribution is 2.21. The largest absolute Gasteiger partial charge is 0.478 e. The van der Waals surface area contributed by atoms with Crippen molar-refractivity contribution in [1.29, 1.82) is 0 Å². The first-order chi connectivity index (χ1) is 9.75. The molecule has 8 nitrogen and oxygen atoms in total. The Morgan fingerprint density at radius 2 is 2.00 bits per heavy atom. The van der Waals surface area contributed by atoms with Crippen molar-refractivity contribution < 1.29 is 29.4 Å². The molecular weight excluding hydrogens is 282 g/mol. The van der Waals surface area contributed by atoms with Crippen LogP contribution in [0.2, 0.25) is 0 Å². The lowest BCUT2D eigenvalue weighted by molar-refractivity contribution is -0.384. The lowest BCUT2D eigenvalue weighted by Gasteiger charge is -2.15. The third-order valence-corrected chi connectivity index (χ3v) is 2.60. The minimum absolute atomic E-state index is 0.0422. The number of ether oxygens (including phenoxy) is 2. The van der Waals surface area contributed by atoms with E-state index in [2.05, 4.69) is 0 Å². The third-order valence-electron chi connectivity index (χ3n) is 2.60. The maximum Gasteiger partial charge on any atom is 0.335 e. The van der Waals surface area contributed by atoms with Gasteiger partial charge < -0.3 is 19.7 Å². The maximum atomic E-state index is 10.3. The van der Waals surface area contributed by atoms with Gasteiger partial charge in [-0.3, -0.25) is 10.1 Å². The summed E-state index contributed by atoms with van der Waals surface area (Å²) in [5.41, 5.74) is -0.0689. The van der Waals surface area contributed by atoms with Crippen molar-refractivity contribution in [3.63, 3.8) is 0 Å². The summed E-state index contributed by atoms with van der Waals surface area (Å²) in [7, 11) is 0. The topological polar surface area (TPSA) is 119 Å². The Morgan fingerprint density at radius 1 is 1.43 bits per heavy atom. The summed E-state index contributed by atoms with van der Waals surface area (Å²) in [4.78, 5) is 19.9. The first-order valence-corrected chi connectivity index (χ1v) is 6.15. The maximum absolute atomic E-state index is 10.3. The molecule has 1 heterocycles. The van der Waals surface area contributed by atoms with Gasteiger partial charge in [0.25, 0.3) is 5.69 Å². The number of nitro benzene ring substituents is 1. The standard InChI is InChI=1S/C7H5NO4.C6H12O3/c9-7(10)5-1-3-6(4-2-5)8(11)12;1-6(2)8-4-5(3-7)9-6/h1-4H,(H,9,10);5,7H,3-4H2,1-2H3/t;5-/m.0/s1. The average molecular weight is 299 g/mol. The number of aliphatic hydroxyl groups is 1. The molecule has 1 aromatic carbocycles. The van der Waals surface area contributed by atoms with Crippen LogP contribution in [0.15, 0.2) is 24.3 Å². The van der Waals surface area contributed by atoms with E-state index in [4.69, 9.17) is 19.7 Å². The quantitative estimate of drug-likeness (QED) is 0.639. The van der Waals surface area contributed by atoms with Crippen LogP contribution in [0.3, 0.4) is 0 Å². The normalized spacial score (nSPS) is 19.5. The van der Waals surface area contributed by atoms with Gasteiger partial charge in [-0.15, -0.1) is 0 Å². The number of aliphatic hydroxyl groups excluding tert-OH is 1. The molecule has 0 radical (unpaired) electrons. The molecule has 0 aromatic heterocycles. The zero-order valence-corrected chi connectivity index (χ0v) is 11.7. The van der Waals surface area contributed by atoms with Crippen LogP contribution in [-0.2, 0) is 9.47 Å². The van der Waals surface area contributed by atoms with Crippen molar-refractivity contribution in [2.75, 3.05) is 13.2 Å². The minimum Gasteiger partial charge on any atom is -0.478 e. The Morgan fingerprint density at radius 3 is 2.29 bits per heavy atom. The van der Waals surface area contributed by atoms with Gasteiger partial charge in [0.05, 0.1) is 23.7 Å². The first-order valence-electron chi connectivity index (χ1n) is 6.15. The molecule has 2 rings (SSSR count). The zero-order chi connectivity index (χ0) is 16.0. The van der Waals surface area contributed by atoms with Gasteiger partial charge in [0.2, 0.25) is 0 Å². The Labute approximate surface area is 121 Å². The molecule has 0 unspecified atom stereocenters. The number of hydrogen-bond acceptors (Lipinski definition) is 6. The van der Waals surface area contributed by atoms with Gasteiger partial charge in [-0.2, -0.15) is 0 Å². The molecule has 1 saturated heterocycles. The number of non-ortho nitro benzene ring substituents is 1. The summed E-state index contributed by atoms with van der Waals surface area (Å²) in [6.07, 6.45) is -0.125. The minimum atomic E-state index is -1.09. The predicted molar refractivity (Wildman–Crippen MR) is 72.0 cm³/mol. The molecule has 8 heteroatoms. The van der Waals surface area contributed by atoms with E-state index in [1.807, 2.05) is 13.8 Å². The fourth-order valence-electron chi connectivity index (χ4n) is 1.58. The lowest BCUT2D eigenvalue weighted by atomic mass is 10.2. The SMILES string of the molecule is CC1(C)OC[C@H](CO)O1.O=C(O)c1ccc([N+](=O)[O-])cc1. The van der Waals surface area contributed by atoms with Crippen molar-refractivity contribution in [3.05, 3.63) is 39.9 Å². The number of hydrogen-bond donors (Lipinski definition) is 2. The molecule has 1 aliphatic rings. The van der Waals surface area contributed by atoms with E-state index in [1.165, 1.54) is 12.1 Å².